The Bertz CT molecular complexity index is 336. The quantitative estimate of drug-likeness (QED) is 0.895. The second-order valence-corrected chi connectivity index (χ2v) is 4.17. The van der Waals surface area contributed by atoms with Crippen LogP contribution in [0.3, 0.4) is 0 Å². The summed E-state index contributed by atoms with van der Waals surface area (Å²) in [6.07, 6.45) is -4.16. The van der Waals surface area contributed by atoms with Crippen molar-refractivity contribution in [1.29, 1.82) is 0 Å². The molecule has 0 fully saturated rings. The van der Waals surface area contributed by atoms with E-state index >= 15 is 0 Å². The van der Waals surface area contributed by atoms with Crippen molar-refractivity contribution in [2.75, 3.05) is 6.54 Å². The normalized spacial score (nSPS) is 11.8. The summed E-state index contributed by atoms with van der Waals surface area (Å²) in [4.78, 5) is 0. The maximum absolute atomic E-state index is 11.8. The molecule has 0 saturated heterocycles. The molecule has 0 radical (unpaired) electrons. The van der Waals surface area contributed by atoms with Crippen LogP contribution in [0.4, 0.5) is 13.2 Å². The molecule has 0 unspecified atom stereocenters. The zero-order valence-corrected chi connectivity index (χ0v) is 9.74. The molecule has 0 spiro atoms. The summed E-state index contributed by atoms with van der Waals surface area (Å²) in [6, 6.07) is 5.56. The van der Waals surface area contributed by atoms with E-state index in [-0.39, 0.29) is 6.54 Å². The van der Waals surface area contributed by atoms with E-state index in [0.717, 1.165) is 15.6 Å². The predicted molar refractivity (Wildman–Crippen MR) is 56.6 cm³/mol. The van der Waals surface area contributed by atoms with Crippen LogP contribution < -0.4 is 5.32 Å². The summed E-state index contributed by atoms with van der Waals surface area (Å²) in [5.74, 6) is 0. The van der Waals surface area contributed by atoms with Crippen molar-refractivity contribution < 1.29 is 13.2 Å². The molecule has 0 bridgehead atoms. The van der Waals surface area contributed by atoms with Gasteiger partial charge in [0.15, 0.2) is 0 Å². The first-order valence-electron chi connectivity index (χ1n) is 4.41. The van der Waals surface area contributed by atoms with Crippen molar-refractivity contribution in [3.8, 4) is 0 Å². The fraction of sp³-hybridized carbons (Fsp3) is 0.400. The van der Waals surface area contributed by atoms with Crippen LogP contribution >= 0.6 is 15.9 Å². The topological polar surface area (TPSA) is 12.0 Å². The van der Waals surface area contributed by atoms with Gasteiger partial charge in [-0.1, -0.05) is 28.1 Å². The standard InChI is InChI=1S/C10H11BrF3N/c1-7-2-3-8(9(11)4-7)5-15-6-10(12,13)14/h2-4,15H,5-6H2,1H3. The second-order valence-electron chi connectivity index (χ2n) is 3.31. The Morgan fingerprint density at radius 2 is 2.00 bits per heavy atom. The molecule has 0 aromatic heterocycles. The van der Waals surface area contributed by atoms with Crippen molar-refractivity contribution >= 4 is 15.9 Å². The second kappa shape index (κ2) is 4.99. The van der Waals surface area contributed by atoms with Gasteiger partial charge in [-0.05, 0) is 24.1 Å². The first-order valence-corrected chi connectivity index (χ1v) is 5.20. The third-order valence-corrected chi connectivity index (χ3v) is 2.59. The molecule has 0 aliphatic heterocycles. The maximum Gasteiger partial charge on any atom is 0.401 e. The maximum atomic E-state index is 11.8. The Morgan fingerprint density at radius 3 is 2.53 bits per heavy atom. The smallest absolute Gasteiger partial charge is 0.305 e. The largest absolute Gasteiger partial charge is 0.401 e. The van der Waals surface area contributed by atoms with Gasteiger partial charge < -0.3 is 5.32 Å². The molecule has 5 heteroatoms. The molecule has 1 aromatic rings. The monoisotopic (exact) mass is 281 g/mol. The summed E-state index contributed by atoms with van der Waals surface area (Å²) in [5.41, 5.74) is 1.89. The molecule has 1 rings (SSSR count). The van der Waals surface area contributed by atoms with Gasteiger partial charge in [0, 0.05) is 11.0 Å². The number of hydrogen-bond donors (Lipinski definition) is 1. The van der Waals surface area contributed by atoms with Gasteiger partial charge in [0.05, 0.1) is 6.54 Å². The molecule has 0 aliphatic carbocycles. The van der Waals surface area contributed by atoms with Crippen molar-refractivity contribution in [2.45, 2.75) is 19.6 Å². The van der Waals surface area contributed by atoms with Crippen LogP contribution in [0.15, 0.2) is 22.7 Å². The van der Waals surface area contributed by atoms with Gasteiger partial charge in [0.1, 0.15) is 0 Å². The van der Waals surface area contributed by atoms with E-state index in [4.69, 9.17) is 0 Å². The molecule has 1 N–H and O–H groups in total. The van der Waals surface area contributed by atoms with Gasteiger partial charge in [0.2, 0.25) is 0 Å². The summed E-state index contributed by atoms with van der Waals surface area (Å²) >= 11 is 3.31. The number of halogens is 4. The van der Waals surface area contributed by atoms with E-state index in [9.17, 15) is 13.2 Å². The summed E-state index contributed by atoms with van der Waals surface area (Å²) in [6.45, 7) is 1.17. The molecule has 0 saturated carbocycles. The first-order chi connectivity index (χ1) is 6.88. The molecule has 1 aromatic carbocycles. The molecule has 0 amide bonds. The van der Waals surface area contributed by atoms with Crippen LogP contribution in [0, 0.1) is 6.92 Å². The Labute approximate surface area is 94.8 Å². The van der Waals surface area contributed by atoms with Crippen LogP contribution in [0.25, 0.3) is 0 Å². The Morgan fingerprint density at radius 1 is 1.33 bits per heavy atom. The number of aryl methyl sites for hydroxylation is 1. The molecular weight excluding hydrogens is 271 g/mol. The van der Waals surface area contributed by atoms with Crippen molar-refractivity contribution in [3.63, 3.8) is 0 Å². The number of nitrogens with one attached hydrogen (secondary N) is 1. The highest BCUT2D eigenvalue weighted by Crippen LogP contribution is 2.19. The molecule has 0 atom stereocenters. The first kappa shape index (κ1) is 12.5. The van der Waals surface area contributed by atoms with Crippen molar-refractivity contribution in [3.05, 3.63) is 33.8 Å². The fourth-order valence-electron chi connectivity index (χ4n) is 1.13. The van der Waals surface area contributed by atoms with Gasteiger partial charge in [0.25, 0.3) is 0 Å². The van der Waals surface area contributed by atoms with Crippen molar-refractivity contribution in [1.82, 2.24) is 5.32 Å². The van der Waals surface area contributed by atoms with E-state index in [1.54, 1.807) is 0 Å². The number of alkyl halides is 3. The molecule has 84 valence electrons. The lowest BCUT2D eigenvalue weighted by Gasteiger charge is -2.09. The Balaban J connectivity index is 2.51. The molecule has 15 heavy (non-hydrogen) atoms. The SMILES string of the molecule is Cc1ccc(CNCC(F)(F)F)c(Br)c1. The lowest BCUT2D eigenvalue weighted by atomic mass is 10.1. The average Bonchev–Trinajstić information content (AvgIpc) is 2.07. The van der Waals surface area contributed by atoms with E-state index in [2.05, 4.69) is 21.2 Å². The Hall–Kier alpha value is -0.550. The van der Waals surface area contributed by atoms with Gasteiger partial charge in [-0.25, -0.2) is 0 Å². The fourth-order valence-corrected chi connectivity index (χ4v) is 1.77. The van der Waals surface area contributed by atoms with Gasteiger partial charge >= 0.3 is 6.18 Å². The molecular formula is C10H11BrF3N. The van der Waals surface area contributed by atoms with E-state index in [1.807, 2.05) is 25.1 Å². The number of benzene rings is 1. The summed E-state index contributed by atoms with van der Waals surface area (Å²) in [7, 11) is 0. The lowest BCUT2D eigenvalue weighted by molar-refractivity contribution is -0.125. The summed E-state index contributed by atoms with van der Waals surface area (Å²) in [5, 5.41) is 2.35. The van der Waals surface area contributed by atoms with Gasteiger partial charge in [-0.2, -0.15) is 13.2 Å². The van der Waals surface area contributed by atoms with E-state index in [1.165, 1.54) is 0 Å². The van der Waals surface area contributed by atoms with Crippen LogP contribution in [0.5, 0.6) is 0 Å². The predicted octanol–water partition coefficient (Wildman–Crippen LogP) is 3.41. The molecule has 0 heterocycles. The Kier molecular flexibility index (Phi) is 4.16. The summed E-state index contributed by atoms with van der Waals surface area (Å²) < 4.78 is 36.4. The van der Waals surface area contributed by atoms with Crippen molar-refractivity contribution in [2.24, 2.45) is 0 Å². The minimum absolute atomic E-state index is 0.209. The average molecular weight is 282 g/mol. The van der Waals surface area contributed by atoms with Gasteiger partial charge in [-0.3, -0.25) is 0 Å². The molecule has 1 nitrogen and oxygen atoms in total. The minimum atomic E-state index is -4.16. The third kappa shape index (κ3) is 4.66. The van der Waals surface area contributed by atoms with Crippen LogP contribution in [0.1, 0.15) is 11.1 Å². The number of rotatable bonds is 3. The van der Waals surface area contributed by atoms with E-state index in [0.29, 0.717) is 0 Å². The van der Waals surface area contributed by atoms with Gasteiger partial charge in [-0.15, -0.1) is 0 Å². The third-order valence-electron chi connectivity index (χ3n) is 1.85. The molecule has 0 aliphatic rings. The lowest BCUT2D eigenvalue weighted by Crippen LogP contribution is -2.28. The highest BCUT2D eigenvalue weighted by molar-refractivity contribution is 9.10. The van der Waals surface area contributed by atoms with Crippen LogP contribution in [0.2, 0.25) is 0 Å². The highest BCUT2D eigenvalue weighted by Gasteiger charge is 2.26. The van der Waals surface area contributed by atoms with Crippen LogP contribution in [-0.2, 0) is 6.54 Å². The van der Waals surface area contributed by atoms with Crippen LogP contribution in [-0.4, -0.2) is 12.7 Å². The highest BCUT2D eigenvalue weighted by atomic mass is 79.9. The minimum Gasteiger partial charge on any atom is -0.305 e. The zero-order valence-electron chi connectivity index (χ0n) is 8.16. The van der Waals surface area contributed by atoms with E-state index < -0.39 is 12.7 Å². The zero-order chi connectivity index (χ0) is 11.5. The number of hydrogen-bond acceptors (Lipinski definition) is 1.